The van der Waals surface area contributed by atoms with Crippen molar-refractivity contribution in [2.45, 2.75) is 51.4 Å². The van der Waals surface area contributed by atoms with Gasteiger partial charge in [-0.25, -0.2) is 0 Å². The van der Waals surface area contributed by atoms with Crippen LogP contribution in [0.4, 0.5) is 0 Å². The summed E-state index contributed by atoms with van der Waals surface area (Å²) in [6.45, 7) is 0.833. The molecule has 0 spiro atoms. The Balaban J connectivity index is 2.03. The Kier molecular flexibility index (Phi) is 5.91. The van der Waals surface area contributed by atoms with Crippen molar-refractivity contribution in [3.05, 3.63) is 32.7 Å². The van der Waals surface area contributed by atoms with E-state index >= 15 is 0 Å². The summed E-state index contributed by atoms with van der Waals surface area (Å²) in [5.41, 5.74) is 7.77. The van der Waals surface area contributed by atoms with Crippen LogP contribution in [-0.4, -0.2) is 6.54 Å². The summed E-state index contributed by atoms with van der Waals surface area (Å²) in [5, 5.41) is 0. The minimum atomic E-state index is 0.509. The maximum absolute atomic E-state index is 5.85. The maximum atomic E-state index is 5.85. The molecule has 0 atom stereocenters. The first-order valence-corrected chi connectivity index (χ1v) is 8.88. The zero-order valence-corrected chi connectivity index (χ0v) is 14.6. The van der Waals surface area contributed by atoms with E-state index < -0.39 is 0 Å². The van der Waals surface area contributed by atoms with Crippen molar-refractivity contribution in [2.75, 3.05) is 6.54 Å². The lowest BCUT2D eigenvalue weighted by Crippen LogP contribution is -2.28. The van der Waals surface area contributed by atoms with Crippen molar-refractivity contribution in [1.29, 1.82) is 0 Å². The standard InChI is InChI=1S/C16H23Br2N/c17-14-4-5-15(18)13(12-14)6-9-16(10-11-19)7-2-1-3-8-16/h4-5,12H,1-3,6-11,19H2. The highest BCUT2D eigenvalue weighted by atomic mass is 79.9. The molecule has 2 rings (SSSR count). The molecule has 19 heavy (non-hydrogen) atoms. The van der Waals surface area contributed by atoms with E-state index in [0.29, 0.717) is 5.41 Å². The van der Waals surface area contributed by atoms with Gasteiger partial charge in [0.25, 0.3) is 0 Å². The number of halogens is 2. The number of benzene rings is 1. The van der Waals surface area contributed by atoms with E-state index in [-0.39, 0.29) is 0 Å². The lowest BCUT2D eigenvalue weighted by molar-refractivity contribution is 0.161. The van der Waals surface area contributed by atoms with E-state index in [9.17, 15) is 0 Å². The van der Waals surface area contributed by atoms with Gasteiger partial charge >= 0.3 is 0 Å². The van der Waals surface area contributed by atoms with Gasteiger partial charge in [-0.15, -0.1) is 0 Å². The molecule has 1 aliphatic carbocycles. The first kappa shape index (κ1) is 15.5. The molecule has 0 aliphatic heterocycles. The van der Waals surface area contributed by atoms with Crippen LogP contribution in [0, 0.1) is 5.41 Å². The number of rotatable bonds is 5. The largest absolute Gasteiger partial charge is 0.330 e. The van der Waals surface area contributed by atoms with E-state index in [4.69, 9.17) is 5.73 Å². The van der Waals surface area contributed by atoms with Crippen molar-refractivity contribution in [3.8, 4) is 0 Å². The molecule has 1 saturated carbocycles. The molecule has 106 valence electrons. The van der Waals surface area contributed by atoms with Crippen molar-refractivity contribution in [1.82, 2.24) is 0 Å². The average Bonchev–Trinajstić information content (AvgIpc) is 2.41. The van der Waals surface area contributed by atoms with Gasteiger partial charge in [0.05, 0.1) is 0 Å². The van der Waals surface area contributed by atoms with E-state index in [2.05, 4.69) is 50.1 Å². The Morgan fingerprint density at radius 2 is 1.79 bits per heavy atom. The lowest BCUT2D eigenvalue weighted by Gasteiger charge is -2.37. The van der Waals surface area contributed by atoms with E-state index in [1.165, 1.54) is 59.5 Å². The van der Waals surface area contributed by atoms with Crippen LogP contribution in [0.2, 0.25) is 0 Å². The first-order chi connectivity index (χ1) is 9.15. The number of nitrogens with two attached hydrogens (primary N) is 1. The van der Waals surface area contributed by atoms with Crippen LogP contribution in [0.1, 0.15) is 50.5 Å². The molecule has 0 radical (unpaired) electrons. The van der Waals surface area contributed by atoms with Gasteiger partial charge in [-0.2, -0.15) is 0 Å². The Labute approximate surface area is 133 Å². The summed E-state index contributed by atoms with van der Waals surface area (Å²) < 4.78 is 2.40. The van der Waals surface area contributed by atoms with Crippen LogP contribution in [-0.2, 0) is 6.42 Å². The van der Waals surface area contributed by atoms with Crippen LogP contribution in [0.15, 0.2) is 27.1 Å². The van der Waals surface area contributed by atoms with E-state index in [0.717, 1.165) is 13.0 Å². The quantitative estimate of drug-likeness (QED) is 0.713. The molecule has 0 aromatic heterocycles. The molecule has 0 unspecified atom stereocenters. The normalized spacial score (nSPS) is 18.5. The van der Waals surface area contributed by atoms with E-state index in [1.807, 2.05) is 0 Å². The molecule has 0 saturated heterocycles. The molecule has 1 aliphatic rings. The molecular formula is C16H23Br2N. The number of aryl methyl sites for hydroxylation is 1. The van der Waals surface area contributed by atoms with Crippen LogP contribution in [0.5, 0.6) is 0 Å². The third-order valence-electron chi connectivity index (χ3n) is 4.52. The molecule has 3 heteroatoms. The van der Waals surface area contributed by atoms with Gasteiger partial charge in [-0.3, -0.25) is 0 Å². The van der Waals surface area contributed by atoms with Crippen molar-refractivity contribution < 1.29 is 0 Å². The molecule has 1 fully saturated rings. The van der Waals surface area contributed by atoms with Crippen LogP contribution in [0.25, 0.3) is 0 Å². The molecule has 0 heterocycles. The van der Waals surface area contributed by atoms with Gasteiger partial charge in [0.2, 0.25) is 0 Å². The predicted octanol–water partition coefficient (Wildman–Crippen LogP) is 5.44. The highest BCUT2D eigenvalue weighted by molar-refractivity contribution is 9.11. The first-order valence-electron chi connectivity index (χ1n) is 7.29. The SMILES string of the molecule is NCCC1(CCc2cc(Br)ccc2Br)CCCCC1. The van der Waals surface area contributed by atoms with E-state index in [1.54, 1.807) is 0 Å². The molecule has 1 aromatic carbocycles. The molecular weight excluding hydrogens is 366 g/mol. The Morgan fingerprint density at radius 3 is 2.47 bits per heavy atom. The Morgan fingerprint density at radius 1 is 1.05 bits per heavy atom. The van der Waals surface area contributed by atoms with Gasteiger partial charge in [-0.05, 0) is 67.8 Å². The fourth-order valence-corrected chi connectivity index (χ4v) is 4.22. The summed E-state index contributed by atoms with van der Waals surface area (Å²) >= 11 is 7.23. The minimum Gasteiger partial charge on any atom is -0.330 e. The summed E-state index contributed by atoms with van der Waals surface area (Å²) in [4.78, 5) is 0. The third kappa shape index (κ3) is 4.30. The highest BCUT2D eigenvalue weighted by Crippen LogP contribution is 2.43. The summed E-state index contributed by atoms with van der Waals surface area (Å²) in [6.07, 6.45) is 10.6. The van der Waals surface area contributed by atoms with Gasteiger partial charge < -0.3 is 5.73 Å². The van der Waals surface area contributed by atoms with Crippen LogP contribution < -0.4 is 5.73 Å². The Bertz CT molecular complexity index is 406. The highest BCUT2D eigenvalue weighted by Gasteiger charge is 2.30. The molecule has 1 aromatic rings. The third-order valence-corrected chi connectivity index (χ3v) is 5.79. The van der Waals surface area contributed by atoms with Gasteiger partial charge in [0.15, 0.2) is 0 Å². The smallest absolute Gasteiger partial charge is 0.0208 e. The van der Waals surface area contributed by atoms with Crippen molar-refractivity contribution in [2.24, 2.45) is 11.1 Å². The fraction of sp³-hybridized carbons (Fsp3) is 0.625. The zero-order chi connectivity index (χ0) is 13.7. The second-order valence-corrected chi connectivity index (χ2v) is 7.61. The topological polar surface area (TPSA) is 26.0 Å². The van der Waals surface area contributed by atoms with Gasteiger partial charge in [-0.1, -0.05) is 51.1 Å². The Hall–Kier alpha value is 0.140. The second-order valence-electron chi connectivity index (χ2n) is 5.84. The second kappa shape index (κ2) is 7.24. The molecule has 0 amide bonds. The maximum Gasteiger partial charge on any atom is 0.0208 e. The van der Waals surface area contributed by atoms with Crippen molar-refractivity contribution in [3.63, 3.8) is 0 Å². The number of hydrogen-bond acceptors (Lipinski definition) is 1. The molecule has 2 N–H and O–H groups in total. The predicted molar refractivity (Wildman–Crippen MR) is 89.4 cm³/mol. The molecule has 1 nitrogen and oxygen atoms in total. The summed E-state index contributed by atoms with van der Waals surface area (Å²) in [5.74, 6) is 0. The van der Waals surface area contributed by atoms with Crippen LogP contribution in [0.3, 0.4) is 0 Å². The fourth-order valence-electron chi connectivity index (χ4n) is 3.37. The number of hydrogen-bond donors (Lipinski definition) is 1. The van der Waals surface area contributed by atoms with Crippen molar-refractivity contribution >= 4 is 31.9 Å². The monoisotopic (exact) mass is 387 g/mol. The summed E-state index contributed by atoms with van der Waals surface area (Å²) in [6, 6.07) is 6.46. The zero-order valence-electron chi connectivity index (χ0n) is 11.4. The average molecular weight is 389 g/mol. The molecule has 0 bridgehead atoms. The minimum absolute atomic E-state index is 0.509. The van der Waals surface area contributed by atoms with Crippen LogP contribution >= 0.6 is 31.9 Å². The van der Waals surface area contributed by atoms with Gasteiger partial charge in [0.1, 0.15) is 0 Å². The summed E-state index contributed by atoms with van der Waals surface area (Å²) in [7, 11) is 0. The lowest BCUT2D eigenvalue weighted by atomic mass is 9.68. The van der Waals surface area contributed by atoms with Gasteiger partial charge in [0, 0.05) is 8.95 Å².